The van der Waals surface area contributed by atoms with Crippen LogP contribution in [0.1, 0.15) is 23.8 Å². The number of benzene rings is 1. The second-order valence-electron chi connectivity index (χ2n) is 5.53. The maximum Gasteiger partial charge on any atom is 0.295 e. The fourth-order valence-electron chi connectivity index (χ4n) is 2.48. The minimum absolute atomic E-state index is 0.180. The molecule has 0 atom stereocenters. The summed E-state index contributed by atoms with van der Waals surface area (Å²) in [4.78, 5) is 17.7. The summed E-state index contributed by atoms with van der Waals surface area (Å²) < 4.78 is 10.4. The molecule has 1 N–H and O–H groups in total. The molecule has 1 aromatic heterocycles. The number of aryl methyl sites for hydroxylation is 2. The maximum atomic E-state index is 12.1. The van der Waals surface area contributed by atoms with Crippen LogP contribution >= 0.6 is 11.3 Å². The zero-order valence-electron chi connectivity index (χ0n) is 13.8. The zero-order valence-corrected chi connectivity index (χ0v) is 14.6. The molecule has 1 aliphatic rings. The van der Waals surface area contributed by atoms with E-state index in [1.54, 1.807) is 0 Å². The largest absolute Gasteiger partial charge is 0.494 e. The van der Waals surface area contributed by atoms with E-state index in [4.69, 9.17) is 9.47 Å². The summed E-state index contributed by atoms with van der Waals surface area (Å²) in [5.41, 5.74) is 3.28. The Labute approximate surface area is 145 Å². The van der Waals surface area contributed by atoms with Gasteiger partial charge in [-0.05, 0) is 18.9 Å². The second kappa shape index (κ2) is 7.49. The molecule has 0 bridgehead atoms. The lowest BCUT2D eigenvalue weighted by atomic mass is 10.1. The first kappa shape index (κ1) is 16.5. The highest BCUT2D eigenvalue weighted by Gasteiger charge is 2.18. The summed E-state index contributed by atoms with van der Waals surface area (Å²) in [5, 5.41) is 3.33. The Balaban J connectivity index is 1.74. The molecule has 6 heteroatoms. The van der Waals surface area contributed by atoms with Gasteiger partial charge in [0.15, 0.2) is 5.13 Å². The first-order valence-corrected chi connectivity index (χ1v) is 8.81. The van der Waals surface area contributed by atoms with Gasteiger partial charge in [-0.2, -0.15) is 0 Å². The van der Waals surface area contributed by atoms with Crippen LogP contribution in [0.5, 0.6) is 0 Å². The highest BCUT2D eigenvalue weighted by atomic mass is 32.1. The lowest BCUT2D eigenvalue weighted by Gasteiger charge is -2.14. The minimum Gasteiger partial charge on any atom is -0.494 e. The van der Waals surface area contributed by atoms with Gasteiger partial charge >= 0.3 is 0 Å². The topological polar surface area (TPSA) is 60.5 Å². The number of hydrogen-bond acceptors (Lipinski definition) is 5. The van der Waals surface area contributed by atoms with Crippen molar-refractivity contribution in [3.8, 4) is 11.3 Å². The Morgan fingerprint density at radius 3 is 2.75 bits per heavy atom. The van der Waals surface area contributed by atoms with Crippen molar-refractivity contribution >= 4 is 22.4 Å². The molecule has 0 fully saturated rings. The third-order valence-corrected chi connectivity index (χ3v) is 4.54. The summed E-state index contributed by atoms with van der Waals surface area (Å²) in [6.07, 6.45) is 3.55. The molecule has 0 radical (unpaired) electrons. The number of rotatable bonds is 5. The summed E-state index contributed by atoms with van der Waals surface area (Å²) in [7, 11) is 0. The molecule has 0 unspecified atom stereocenters. The fraction of sp³-hybridized carbons (Fsp3) is 0.333. The average molecular weight is 344 g/mol. The Kier molecular flexibility index (Phi) is 5.15. The number of carbonyl (C=O) groups excluding carboxylic acids is 1. The van der Waals surface area contributed by atoms with Crippen molar-refractivity contribution in [2.45, 2.75) is 26.7 Å². The van der Waals surface area contributed by atoms with E-state index in [1.807, 2.05) is 6.92 Å². The number of anilines is 1. The molecule has 2 heterocycles. The second-order valence-corrected chi connectivity index (χ2v) is 6.73. The number of carbonyl (C=O) groups is 1. The predicted octanol–water partition coefficient (Wildman–Crippen LogP) is 3.90. The highest BCUT2D eigenvalue weighted by Crippen LogP contribution is 2.31. The number of thiazole rings is 1. The number of nitrogens with zero attached hydrogens (tertiary/aromatic N) is 1. The number of hydrogen-bond donors (Lipinski definition) is 1. The Morgan fingerprint density at radius 2 is 2.08 bits per heavy atom. The van der Waals surface area contributed by atoms with E-state index in [0.717, 1.165) is 29.0 Å². The van der Waals surface area contributed by atoms with Gasteiger partial charge in [-0.1, -0.05) is 37.6 Å². The van der Waals surface area contributed by atoms with Crippen molar-refractivity contribution in [2.75, 3.05) is 18.5 Å². The van der Waals surface area contributed by atoms with Crippen LogP contribution in [0.15, 0.2) is 36.3 Å². The van der Waals surface area contributed by atoms with Crippen LogP contribution in [0.3, 0.4) is 0 Å². The van der Waals surface area contributed by atoms with Crippen LogP contribution in [0.4, 0.5) is 5.13 Å². The molecule has 1 amide bonds. The molecule has 126 valence electrons. The molecular weight excluding hydrogens is 324 g/mol. The predicted molar refractivity (Wildman–Crippen MR) is 94.9 cm³/mol. The van der Waals surface area contributed by atoms with Crippen LogP contribution in [0.2, 0.25) is 0 Å². The molecule has 5 nitrogen and oxygen atoms in total. The van der Waals surface area contributed by atoms with Crippen LogP contribution in [0, 0.1) is 6.92 Å². The van der Waals surface area contributed by atoms with E-state index in [-0.39, 0.29) is 11.7 Å². The van der Waals surface area contributed by atoms with E-state index < -0.39 is 0 Å². The maximum absolute atomic E-state index is 12.1. The van der Waals surface area contributed by atoms with E-state index in [9.17, 15) is 4.79 Å². The van der Waals surface area contributed by atoms with Crippen LogP contribution < -0.4 is 5.32 Å². The molecule has 1 aliphatic heterocycles. The number of aromatic nitrogens is 1. The van der Waals surface area contributed by atoms with Gasteiger partial charge in [-0.3, -0.25) is 10.1 Å². The molecule has 3 rings (SSSR count). The van der Waals surface area contributed by atoms with Gasteiger partial charge < -0.3 is 9.47 Å². The zero-order chi connectivity index (χ0) is 16.9. The first-order valence-electron chi connectivity index (χ1n) is 8.00. The van der Waals surface area contributed by atoms with Gasteiger partial charge in [0.05, 0.1) is 5.69 Å². The van der Waals surface area contributed by atoms with Crippen molar-refractivity contribution in [3.63, 3.8) is 0 Å². The standard InChI is InChI=1S/C18H20N2O3S/c1-3-4-13-5-7-14(8-6-13)16-12(2)24-18(19-16)20-17(21)15-11-22-9-10-23-15/h5-8,11H,3-4,9-10H2,1-2H3,(H,19,20,21). The summed E-state index contributed by atoms with van der Waals surface area (Å²) in [5.74, 6) is -0.159. The van der Waals surface area contributed by atoms with Gasteiger partial charge in [-0.25, -0.2) is 4.98 Å². The van der Waals surface area contributed by atoms with E-state index >= 15 is 0 Å². The Bertz CT molecular complexity index is 750. The lowest BCUT2D eigenvalue weighted by molar-refractivity contribution is -0.117. The van der Waals surface area contributed by atoms with Crippen molar-refractivity contribution in [2.24, 2.45) is 0 Å². The first-order chi connectivity index (χ1) is 11.7. The Hall–Kier alpha value is -2.34. The van der Waals surface area contributed by atoms with Crippen molar-refractivity contribution < 1.29 is 14.3 Å². The number of ether oxygens (including phenoxy) is 2. The molecule has 0 spiro atoms. The van der Waals surface area contributed by atoms with Gasteiger partial charge in [-0.15, -0.1) is 11.3 Å². The van der Waals surface area contributed by atoms with E-state index in [0.29, 0.717) is 18.3 Å². The molecule has 24 heavy (non-hydrogen) atoms. The molecule has 0 saturated carbocycles. The Morgan fingerprint density at radius 1 is 1.29 bits per heavy atom. The third kappa shape index (κ3) is 3.76. The fourth-order valence-corrected chi connectivity index (χ4v) is 3.31. The number of amides is 1. The van der Waals surface area contributed by atoms with Crippen molar-refractivity contribution in [1.29, 1.82) is 0 Å². The average Bonchev–Trinajstić information content (AvgIpc) is 2.97. The molecule has 1 aromatic carbocycles. The quantitative estimate of drug-likeness (QED) is 0.894. The van der Waals surface area contributed by atoms with E-state index in [1.165, 1.54) is 23.2 Å². The van der Waals surface area contributed by atoms with Crippen molar-refractivity contribution in [3.05, 3.63) is 46.7 Å². The van der Waals surface area contributed by atoms with Crippen LogP contribution in [-0.2, 0) is 20.7 Å². The summed E-state index contributed by atoms with van der Waals surface area (Å²) in [6, 6.07) is 8.43. The smallest absolute Gasteiger partial charge is 0.295 e. The van der Waals surface area contributed by atoms with E-state index in [2.05, 4.69) is 41.5 Å². The van der Waals surface area contributed by atoms with Gasteiger partial charge in [0.2, 0.25) is 5.76 Å². The van der Waals surface area contributed by atoms with Crippen LogP contribution in [-0.4, -0.2) is 24.1 Å². The number of nitrogens with one attached hydrogen (secondary N) is 1. The molecule has 2 aromatic rings. The van der Waals surface area contributed by atoms with Gasteiger partial charge in [0.25, 0.3) is 5.91 Å². The van der Waals surface area contributed by atoms with Gasteiger partial charge in [0, 0.05) is 10.4 Å². The van der Waals surface area contributed by atoms with Crippen LogP contribution in [0.25, 0.3) is 11.3 Å². The highest BCUT2D eigenvalue weighted by molar-refractivity contribution is 7.16. The SMILES string of the molecule is CCCc1ccc(-c2nc(NC(=O)C3=COCCO3)sc2C)cc1. The van der Waals surface area contributed by atoms with Crippen molar-refractivity contribution in [1.82, 2.24) is 4.98 Å². The normalized spacial score (nSPS) is 13.7. The monoisotopic (exact) mass is 344 g/mol. The molecule has 0 saturated heterocycles. The third-order valence-electron chi connectivity index (χ3n) is 3.66. The summed E-state index contributed by atoms with van der Waals surface area (Å²) in [6.45, 7) is 5.02. The molecule has 0 aliphatic carbocycles. The lowest BCUT2D eigenvalue weighted by Crippen LogP contribution is -2.21. The minimum atomic E-state index is -0.340. The molecular formula is C18H20N2O3S. The summed E-state index contributed by atoms with van der Waals surface area (Å²) >= 11 is 1.45. The van der Waals surface area contributed by atoms with Gasteiger partial charge in [0.1, 0.15) is 19.5 Å².